The molecule has 8 heteroatoms. The van der Waals surface area contributed by atoms with Gasteiger partial charge in [-0.15, -0.1) is 5.10 Å². The molecule has 0 spiro atoms. The third-order valence-electron chi connectivity index (χ3n) is 2.41. The summed E-state index contributed by atoms with van der Waals surface area (Å²) >= 11 is 0. The van der Waals surface area contributed by atoms with Crippen LogP contribution < -0.4 is 10.6 Å². The largest absolute Gasteiger partial charge is 0.406 e. The van der Waals surface area contributed by atoms with Crippen LogP contribution in [0, 0.1) is 17.5 Å². The third kappa shape index (κ3) is 3.27. The highest BCUT2D eigenvalue weighted by Crippen LogP contribution is 2.22. The molecule has 2 aromatic rings. The van der Waals surface area contributed by atoms with Crippen molar-refractivity contribution < 1.29 is 17.6 Å². The molecular formula is C12H13F3N4O. The summed E-state index contributed by atoms with van der Waals surface area (Å²) in [4.78, 5) is 0. The molecule has 0 aliphatic rings. The van der Waals surface area contributed by atoms with Gasteiger partial charge in [-0.2, -0.15) is 0 Å². The maximum atomic E-state index is 13.4. The van der Waals surface area contributed by atoms with Crippen LogP contribution in [0.25, 0.3) is 0 Å². The van der Waals surface area contributed by atoms with Gasteiger partial charge in [0.1, 0.15) is 0 Å². The Morgan fingerprint density at radius 2 is 1.90 bits per heavy atom. The summed E-state index contributed by atoms with van der Waals surface area (Å²) in [6, 6.07) is 1.99. The van der Waals surface area contributed by atoms with Crippen molar-refractivity contribution >= 4 is 11.7 Å². The van der Waals surface area contributed by atoms with E-state index in [1.165, 1.54) is 0 Å². The fraction of sp³-hybridized carbons (Fsp3) is 0.333. The molecule has 0 atom stereocenters. The average molecular weight is 286 g/mol. The second-order valence-corrected chi connectivity index (χ2v) is 4.38. The number of rotatable bonds is 5. The third-order valence-corrected chi connectivity index (χ3v) is 2.41. The Bertz CT molecular complexity index is 600. The Hall–Kier alpha value is -2.09. The minimum absolute atomic E-state index is 0.101. The van der Waals surface area contributed by atoms with Crippen LogP contribution in [0.3, 0.4) is 0 Å². The number of benzene rings is 1. The zero-order valence-electron chi connectivity index (χ0n) is 10.9. The van der Waals surface area contributed by atoms with E-state index in [0.717, 1.165) is 12.1 Å². The molecule has 0 aliphatic heterocycles. The highest BCUT2D eigenvalue weighted by molar-refractivity contribution is 5.52. The fourth-order valence-electron chi connectivity index (χ4n) is 1.40. The Kier molecular flexibility index (Phi) is 4.23. The lowest BCUT2D eigenvalue weighted by Crippen LogP contribution is -2.21. The summed E-state index contributed by atoms with van der Waals surface area (Å²) in [5.74, 6) is -3.87. The van der Waals surface area contributed by atoms with Gasteiger partial charge in [0.15, 0.2) is 17.5 Å². The smallest absolute Gasteiger partial charge is 0.320 e. The van der Waals surface area contributed by atoms with Crippen LogP contribution in [0.1, 0.15) is 19.7 Å². The molecule has 0 amide bonds. The Balaban J connectivity index is 2.09. The van der Waals surface area contributed by atoms with E-state index < -0.39 is 17.5 Å². The molecule has 0 unspecified atom stereocenters. The molecule has 2 rings (SSSR count). The summed E-state index contributed by atoms with van der Waals surface area (Å²) in [6.07, 6.45) is 0. The van der Waals surface area contributed by atoms with Gasteiger partial charge in [0.05, 0.1) is 12.2 Å². The zero-order chi connectivity index (χ0) is 14.7. The van der Waals surface area contributed by atoms with E-state index in [2.05, 4.69) is 20.8 Å². The molecule has 1 aromatic heterocycles. The number of nitrogens with zero attached hydrogens (tertiary/aromatic N) is 2. The summed E-state index contributed by atoms with van der Waals surface area (Å²) in [7, 11) is 0. The van der Waals surface area contributed by atoms with Crippen LogP contribution >= 0.6 is 0 Å². The van der Waals surface area contributed by atoms with Crippen molar-refractivity contribution in [3.63, 3.8) is 0 Å². The minimum Gasteiger partial charge on any atom is -0.406 e. The molecule has 0 aliphatic carbocycles. The molecule has 1 aromatic carbocycles. The number of hydrogen-bond acceptors (Lipinski definition) is 5. The predicted octanol–water partition coefficient (Wildman–Crippen LogP) is 2.73. The van der Waals surface area contributed by atoms with E-state index in [1.807, 2.05) is 13.8 Å². The van der Waals surface area contributed by atoms with Gasteiger partial charge in [-0.25, -0.2) is 13.2 Å². The molecule has 0 radical (unpaired) electrons. The Morgan fingerprint density at radius 1 is 1.15 bits per heavy atom. The van der Waals surface area contributed by atoms with Gasteiger partial charge in [0, 0.05) is 6.04 Å². The standard InChI is InChI=1S/C12H13F3N4O/c1-6(2)16-5-9-18-19-12(20-9)17-8-4-3-7(13)10(14)11(8)15/h3-4,6,16H,5H2,1-2H3,(H,17,19). The minimum atomic E-state index is -1.56. The van der Waals surface area contributed by atoms with E-state index >= 15 is 0 Å². The van der Waals surface area contributed by atoms with Crippen molar-refractivity contribution in [2.45, 2.75) is 26.4 Å². The molecule has 0 bridgehead atoms. The van der Waals surface area contributed by atoms with E-state index in [9.17, 15) is 13.2 Å². The normalized spacial score (nSPS) is 11.1. The van der Waals surface area contributed by atoms with Gasteiger partial charge in [-0.1, -0.05) is 18.9 Å². The number of hydrogen-bond donors (Lipinski definition) is 2. The lowest BCUT2D eigenvalue weighted by Gasteiger charge is -2.05. The van der Waals surface area contributed by atoms with Gasteiger partial charge in [0.2, 0.25) is 5.89 Å². The molecule has 0 saturated heterocycles. The van der Waals surface area contributed by atoms with E-state index in [1.54, 1.807) is 0 Å². The van der Waals surface area contributed by atoms with Crippen LogP contribution in [0.4, 0.5) is 24.9 Å². The first kappa shape index (κ1) is 14.3. The molecule has 1 heterocycles. The van der Waals surface area contributed by atoms with Crippen molar-refractivity contribution in [2.75, 3.05) is 5.32 Å². The molecule has 2 N–H and O–H groups in total. The quantitative estimate of drug-likeness (QED) is 0.827. The van der Waals surface area contributed by atoms with Crippen molar-refractivity contribution in [2.24, 2.45) is 0 Å². The van der Waals surface area contributed by atoms with Crippen molar-refractivity contribution in [3.8, 4) is 0 Å². The molecule has 108 valence electrons. The van der Waals surface area contributed by atoms with Crippen LogP contribution in [0.5, 0.6) is 0 Å². The van der Waals surface area contributed by atoms with Crippen molar-refractivity contribution in [3.05, 3.63) is 35.5 Å². The second kappa shape index (κ2) is 5.91. The maximum absolute atomic E-state index is 13.4. The first-order chi connectivity index (χ1) is 9.47. The Labute approximate surface area is 113 Å². The lowest BCUT2D eigenvalue weighted by molar-refractivity contribution is 0.446. The van der Waals surface area contributed by atoms with Gasteiger partial charge in [-0.3, -0.25) is 0 Å². The first-order valence-electron chi connectivity index (χ1n) is 5.93. The van der Waals surface area contributed by atoms with Gasteiger partial charge in [0.25, 0.3) is 0 Å². The SMILES string of the molecule is CC(C)NCc1nnc(Nc2ccc(F)c(F)c2F)o1. The number of halogens is 3. The molecular weight excluding hydrogens is 273 g/mol. The van der Waals surface area contributed by atoms with E-state index in [0.29, 0.717) is 12.4 Å². The highest BCUT2D eigenvalue weighted by atomic mass is 19.2. The lowest BCUT2D eigenvalue weighted by atomic mass is 10.3. The van der Waals surface area contributed by atoms with E-state index in [4.69, 9.17) is 4.42 Å². The first-order valence-corrected chi connectivity index (χ1v) is 5.93. The summed E-state index contributed by atoms with van der Waals surface area (Å²) in [6.45, 7) is 4.25. The van der Waals surface area contributed by atoms with E-state index in [-0.39, 0.29) is 17.7 Å². The Morgan fingerprint density at radius 3 is 2.60 bits per heavy atom. The van der Waals surface area contributed by atoms with Crippen LogP contribution in [0.2, 0.25) is 0 Å². The average Bonchev–Trinajstić information content (AvgIpc) is 2.85. The molecule has 20 heavy (non-hydrogen) atoms. The number of anilines is 2. The summed E-state index contributed by atoms with van der Waals surface area (Å²) in [5.41, 5.74) is -0.282. The molecule has 5 nitrogen and oxygen atoms in total. The summed E-state index contributed by atoms with van der Waals surface area (Å²) in [5, 5.41) is 12.8. The number of aromatic nitrogens is 2. The molecule has 0 saturated carbocycles. The van der Waals surface area contributed by atoms with Crippen LogP contribution in [-0.4, -0.2) is 16.2 Å². The zero-order valence-corrected chi connectivity index (χ0v) is 10.9. The van der Waals surface area contributed by atoms with Crippen LogP contribution in [-0.2, 0) is 6.54 Å². The fourth-order valence-corrected chi connectivity index (χ4v) is 1.40. The highest BCUT2D eigenvalue weighted by Gasteiger charge is 2.15. The predicted molar refractivity (Wildman–Crippen MR) is 65.9 cm³/mol. The second-order valence-electron chi connectivity index (χ2n) is 4.38. The summed E-state index contributed by atoms with van der Waals surface area (Å²) < 4.78 is 44.4. The topological polar surface area (TPSA) is 63.0 Å². The van der Waals surface area contributed by atoms with Gasteiger partial charge >= 0.3 is 6.01 Å². The monoisotopic (exact) mass is 286 g/mol. The van der Waals surface area contributed by atoms with Gasteiger partial charge < -0.3 is 15.1 Å². The van der Waals surface area contributed by atoms with Crippen molar-refractivity contribution in [1.82, 2.24) is 15.5 Å². The van der Waals surface area contributed by atoms with Crippen molar-refractivity contribution in [1.29, 1.82) is 0 Å². The maximum Gasteiger partial charge on any atom is 0.320 e. The van der Waals surface area contributed by atoms with Gasteiger partial charge in [-0.05, 0) is 12.1 Å². The molecule has 0 fully saturated rings. The number of nitrogens with one attached hydrogen (secondary N) is 2. The van der Waals surface area contributed by atoms with Crippen LogP contribution in [0.15, 0.2) is 16.5 Å².